The highest BCUT2D eigenvalue weighted by Crippen LogP contribution is 2.28. The van der Waals surface area contributed by atoms with Gasteiger partial charge in [0.15, 0.2) is 0 Å². The molecule has 21 heavy (non-hydrogen) atoms. The molecule has 1 heterocycles. The second-order valence-electron chi connectivity index (χ2n) is 5.92. The molecule has 1 atom stereocenters. The summed E-state index contributed by atoms with van der Waals surface area (Å²) in [6, 6.07) is 6.04. The third-order valence-corrected chi connectivity index (χ3v) is 4.14. The number of aryl methyl sites for hydroxylation is 1. The van der Waals surface area contributed by atoms with Crippen molar-refractivity contribution in [3.05, 3.63) is 29.3 Å². The van der Waals surface area contributed by atoms with Gasteiger partial charge >= 0.3 is 0 Å². The molecule has 0 aromatic heterocycles. The van der Waals surface area contributed by atoms with E-state index >= 15 is 0 Å². The first-order valence-electron chi connectivity index (χ1n) is 7.92. The van der Waals surface area contributed by atoms with Gasteiger partial charge in [0.1, 0.15) is 5.75 Å². The average Bonchev–Trinajstić information content (AvgIpc) is 2.48. The quantitative estimate of drug-likeness (QED) is 0.871. The Morgan fingerprint density at radius 3 is 2.62 bits per heavy atom. The number of aliphatic hydroxyl groups excluding tert-OH is 1. The third kappa shape index (κ3) is 4.70. The highest BCUT2D eigenvalue weighted by atomic mass is 16.5. The SMILES string of the molecule is CCOc1ccc(C)cc1C(O)CCN1CCN(C)CC1. The van der Waals surface area contributed by atoms with Gasteiger partial charge in [0.05, 0.1) is 12.7 Å². The molecule has 0 saturated carbocycles. The number of ether oxygens (including phenoxy) is 1. The minimum absolute atomic E-state index is 0.453. The minimum Gasteiger partial charge on any atom is -0.493 e. The Morgan fingerprint density at radius 1 is 1.24 bits per heavy atom. The van der Waals surface area contributed by atoms with Crippen LogP contribution in [0.1, 0.15) is 30.6 Å². The fourth-order valence-corrected chi connectivity index (χ4v) is 2.75. The van der Waals surface area contributed by atoms with Gasteiger partial charge in [-0.15, -0.1) is 0 Å². The smallest absolute Gasteiger partial charge is 0.125 e. The van der Waals surface area contributed by atoms with E-state index < -0.39 is 6.10 Å². The van der Waals surface area contributed by atoms with Crippen LogP contribution in [-0.4, -0.2) is 61.3 Å². The molecule has 0 bridgehead atoms. The molecule has 0 radical (unpaired) electrons. The van der Waals surface area contributed by atoms with Crippen molar-refractivity contribution in [2.45, 2.75) is 26.4 Å². The van der Waals surface area contributed by atoms with E-state index in [0.29, 0.717) is 6.61 Å². The van der Waals surface area contributed by atoms with Crippen LogP contribution in [-0.2, 0) is 0 Å². The van der Waals surface area contributed by atoms with Crippen LogP contribution in [0.15, 0.2) is 18.2 Å². The molecule has 0 amide bonds. The summed E-state index contributed by atoms with van der Waals surface area (Å²) in [6.45, 7) is 10.0. The standard InChI is InChI=1S/C17H28N2O2/c1-4-21-17-6-5-14(2)13-15(17)16(20)7-8-19-11-9-18(3)10-12-19/h5-6,13,16,20H,4,7-12H2,1-3H3. The predicted molar refractivity (Wildman–Crippen MR) is 85.9 cm³/mol. The van der Waals surface area contributed by atoms with Crippen molar-refractivity contribution >= 4 is 0 Å². The van der Waals surface area contributed by atoms with E-state index in [1.165, 1.54) is 0 Å². The highest BCUT2D eigenvalue weighted by Gasteiger charge is 2.18. The first kappa shape index (κ1) is 16.3. The number of benzene rings is 1. The Kier molecular flexibility index (Phi) is 6.03. The summed E-state index contributed by atoms with van der Waals surface area (Å²) in [7, 11) is 2.16. The molecule has 1 unspecified atom stereocenters. The average molecular weight is 292 g/mol. The maximum Gasteiger partial charge on any atom is 0.125 e. The first-order valence-corrected chi connectivity index (χ1v) is 7.92. The zero-order chi connectivity index (χ0) is 15.2. The minimum atomic E-state index is -0.453. The number of aliphatic hydroxyl groups is 1. The van der Waals surface area contributed by atoms with Crippen LogP contribution in [0.25, 0.3) is 0 Å². The lowest BCUT2D eigenvalue weighted by atomic mass is 10.0. The molecular weight excluding hydrogens is 264 g/mol. The van der Waals surface area contributed by atoms with Crippen molar-refractivity contribution in [2.75, 3.05) is 46.4 Å². The summed E-state index contributed by atoms with van der Waals surface area (Å²) < 4.78 is 5.64. The van der Waals surface area contributed by atoms with Gasteiger partial charge in [0.25, 0.3) is 0 Å². The second-order valence-corrected chi connectivity index (χ2v) is 5.92. The number of likely N-dealkylation sites (N-methyl/N-ethyl adjacent to an activating group) is 1. The summed E-state index contributed by atoms with van der Waals surface area (Å²) in [6.07, 6.45) is 0.305. The zero-order valence-corrected chi connectivity index (χ0v) is 13.5. The number of nitrogens with zero attached hydrogens (tertiary/aromatic N) is 2. The molecule has 1 N–H and O–H groups in total. The summed E-state index contributed by atoms with van der Waals surface area (Å²) in [4.78, 5) is 4.78. The van der Waals surface area contributed by atoms with Crippen LogP contribution in [0.2, 0.25) is 0 Å². The summed E-state index contributed by atoms with van der Waals surface area (Å²) >= 11 is 0. The lowest BCUT2D eigenvalue weighted by Crippen LogP contribution is -2.44. The van der Waals surface area contributed by atoms with Gasteiger partial charge in [-0.3, -0.25) is 0 Å². The van der Waals surface area contributed by atoms with Gasteiger partial charge in [-0.05, 0) is 39.4 Å². The Labute approximate surface area is 128 Å². The van der Waals surface area contributed by atoms with Gasteiger partial charge in [-0.25, -0.2) is 0 Å². The molecule has 4 heteroatoms. The normalized spacial score (nSPS) is 18.7. The van der Waals surface area contributed by atoms with Crippen molar-refractivity contribution in [3.63, 3.8) is 0 Å². The molecule has 118 valence electrons. The van der Waals surface area contributed by atoms with Crippen molar-refractivity contribution in [2.24, 2.45) is 0 Å². The van der Waals surface area contributed by atoms with E-state index in [-0.39, 0.29) is 0 Å². The van der Waals surface area contributed by atoms with Crippen LogP contribution in [0, 0.1) is 6.92 Å². The molecule has 1 fully saturated rings. The predicted octanol–water partition coefficient (Wildman–Crippen LogP) is 2.06. The molecular formula is C17H28N2O2. The zero-order valence-electron chi connectivity index (χ0n) is 13.5. The number of hydrogen-bond donors (Lipinski definition) is 1. The third-order valence-electron chi connectivity index (χ3n) is 4.14. The summed E-state index contributed by atoms with van der Waals surface area (Å²) in [5.41, 5.74) is 2.08. The van der Waals surface area contributed by atoms with Gasteiger partial charge in [-0.1, -0.05) is 11.6 Å². The number of piperazine rings is 1. The molecule has 0 spiro atoms. The highest BCUT2D eigenvalue weighted by molar-refractivity contribution is 5.38. The van der Waals surface area contributed by atoms with E-state index in [4.69, 9.17) is 4.74 Å². The van der Waals surface area contributed by atoms with E-state index in [9.17, 15) is 5.11 Å². The molecule has 4 nitrogen and oxygen atoms in total. The lowest BCUT2D eigenvalue weighted by Gasteiger charge is -2.32. The van der Waals surface area contributed by atoms with E-state index in [1.54, 1.807) is 0 Å². The monoisotopic (exact) mass is 292 g/mol. The molecule has 1 aromatic rings. The lowest BCUT2D eigenvalue weighted by molar-refractivity contribution is 0.111. The first-order chi connectivity index (χ1) is 10.1. The van der Waals surface area contributed by atoms with Crippen LogP contribution >= 0.6 is 0 Å². The largest absolute Gasteiger partial charge is 0.493 e. The summed E-state index contributed by atoms with van der Waals surface area (Å²) in [5.74, 6) is 0.814. The molecule has 2 rings (SSSR count). The Hall–Kier alpha value is -1.10. The van der Waals surface area contributed by atoms with Gasteiger partial charge in [0.2, 0.25) is 0 Å². The van der Waals surface area contributed by atoms with E-state index in [1.807, 2.05) is 32.0 Å². The van der Waals surface area contributed by atoms with Crippen LogP contribution in [0.5, 0.6) is 5.75 Å². The van der Waals surface area contributed by atoms with Gasteiger partial charge in [0, 0.05) is 38.3 Å². The van der Waals surface area contributed by atoms with E-state index in [0.717, 1.165) is 56.0 Å². The van der Waals surface area contributed by atoms with Gasteiger partial charge < -0.3 is 19.6 Å². The topological polar surface area (TPSA) is 35.9 Å². The van der Waals surface area contributed by atoms with Crippen molar-refractivity contribution < 1.29 is 9.84 Å². The van der Waals surface area contributed by atoms with Crippen LogP contribution in [0.3, 0.4) is 0 Å². The maximum atomic E-state index is 10.5. The molecule has 1 aliphatic rings. The summed E-state index contributed by atoms with van der Waals surface area (Å²) in [5, 5.41) is 10.5. The molecule has 1 saturated heterocycles. The fraction of sp³-hybridized carbons (Fsp3) is 0.647. The van der Waals surface area contributed by atoms with Crippen molar-refractivity contribution in [1.29, 1.82) is 0 Å². The van der Waals surface area contributed by atoms with Crippen molar-refractivity contribution in [1.82, 2.24) is 9.80 Å². The number of hydrogen-bond acceptors (Lipinski definition) is 4. The van der Waals surface area contributed by atoms with Crippen LogP contribution < -0.4 is 4.74 Å². The van der Waals surface area contributed by atoms with Crippen molar-refractivity contribution in [3.8, 4) is 5.75 Å². The molecule has 0 aliphatic carbocycles. The second kappa shape index (κ2) is 7.78. The Balaban J connectivity index is 1.93. The molecule has 1 aliphatic heterocycles. The Bertz CT molecular complexity index is 442. The van der Waals surface area contributed by atoms with E-state index in [2.05, 4.69) is 16.8 Å². The van der Waals surface area contributed by atoms with Gasteiger partial charge in [-0.2, -0.15) is 0 Å². The fourth-order valence-electron chi connectivity index (χ4n) is 2.75. The number of rotatable bonds is 6. The van der Waals surface area contributed by atoms with Crippen LogP contribution in [0.4, 0.5) is 0 Å². The Morgan fingerprint density at radius 2 is 1.95 bits per heavy atom. The maximum absolute atomic E-state index is 10.5. The molecule has 1 aromatic carbocycles.